The van der Waals surface area contributed by atoms with Crippen LogP contribution in [0.2, 0.25) is 0 Å². The molecule has 0 saturated heterocycles. The second kappa shape index (κ2) is 6.45. The molecule has 0 bridgehead atoms. The van der Waals surface area contributed by atoms with Gasteiger partial charge in [0.1, 0.15) is 5.75 Å². The highest BCUT2D eigenvalue weighted by molar-refractivity contribution is 5.33. The van der Waals surface area contributed by atoms with E-state index in [1.165, 1.54) is 11.1 Å². The highest BCUT2D eigenvalue weighted by Crippen LogP contribution is 2.28. The SMILES string of the molecule is CCOc1ccc(C(NC)C2=COCCC2)cc1. The van der Waals surface area contributed by atoms with Crippen LogP contribution in [-0.2, 0) is 4.74 Å². The summed E-state index contributed by atoms with van der Waals surface area (Å²) in [6, 6.07) is 8.50. The monoisotopic (exact) mass is 247 g/mol. The molecule has 98 valence electrons. The third-order valence-electron chi connectivity index (χ3n) is 3.15. The standard InChI is InChI=1S/C15H21NO2/c1-3-18-14-8-6-12(7-9-14)15(16-2)13-5-4-10-17-11-13/h6-9,11,15-16H,3-5,10H2,1-2H3. The van der Waals surface area contributed by atoms with Gasteiger partial charge in [-0.2, -0.15) is 0 Å². The maximum atomic E-state index is 5.46. The minimum absolute atomic E-state index is 0.237. The fourth-order valence-corrected chi connectivity index (χ4v) is 2.29. The predicted octanol–water partition coefficient (Wildman–Crippen LogP) is 3.04. The van der Waals surface area contributed by atoms with Crippen molar-refractivity contribution in [2.75, 3.05) is 20.3 Å². The summed E-state index contributed by atoms with van der Waals surface area (Å²) in [5, 5.41) is 3.35. The van der Waals surface area contributed by atoms with Gasteiger partial charge in [-0.05, 0) is 50.1 Å². The van der Waals surface area contributed by atoms with Crippen LogP contribution in [-0.4, -0.2) is 20.3 Å². The van der Waals surface area contributed by atoms with Gasteiger partial charge in [0.05, 0.1) is 25.5 Å². The molecule has 3 heteroatoms. The number of hydrogen-bond donors (Lipinski definition) is 1. The molecular weight excluding hydrogens is 226 g/mol. The van der Waals surface area contributed by atoms with Gasteiger partial charge in [0.15, 0.2) is 0 Å². The highest BCUT2D eigenvalue weighted by atomic mass is 16.5. The van der Waals surface area contributed by atoms with Gasteiger partial charge in [-0.3, -0.25) is 0 Å². The van der Waals surface area contributed by atoms with Crippen molar-refractivity contribution in [3.8, 4) is 5.75 Å². The van der Waals surface area contributed by atoms with E-state index in [9.17, 15) is 0 Å². The van der Waals surface area contributed by atoms with Gasteiger partial charge in [0, 0.05) is 0 Å². The number of benzene rings is 1. The van der Waals surface area contributed by atoms with Gasteiger partial charge in [0.2, 0.25) is 0 Å². The van der Waals surface area contributed by atoms with Crippen molar-refractivity contribution in [2.24, 2.45) is 0 Å². The summed E-state index contributed by atoms with van der Waals surface area (Å²) in [4.78, 5) is 0. The van der Waals surface area contributed by atoms with Crippen LogP contribution in [0.1, 0.15) is 31.4 Å². The Labute approximate surface area is 109 Å². The van der Waals surface area contributed by atoms with Crippen molar-refractivity contribution >= 4 is 0 Å². The first-order valence-electron chi connectivity index (χ1n) is 6.55. The van der Waals surface area contributed by atoms with E-state index in [1.807, 2.05) is 32.4 Å². The number of hydrogen-bond acceptors (Lipinski definition) is 3. The molecule has 1 atom stereocenters. The molecule has 0 amide bonds. The van der Waals surface area contributed by atoms with Crippen molar-refractivity contribution in [1.82, 2.24) is 5.32 Å². The molecule has 0 aliphatic carbocycles. The van der Waals surface area contributed by atoms with Crippen molar-refractivity contribution in [2.45, 2.75) is 25.8 Å². The van der Waals surface area contributed by atoms with Crippen molar-refractivity contribution < 1.29 is 9.47 Å². The molecule has 0 fully saturated rings. The van der Waals surface area contributed by atoms with Gasteiger partial charge in [-0.1, -0.05) is 12.1 Å². The zero-order valence-electron chi connectivity index (χ0n) is 11.1. The van der Waals surface area contributed by atoms with Crippen LogP contribution in [0.3, 0.4) is 0 Å². The highest BCUT2D eigenvalue weighted by Gasteiger charge is 2.17. The minimum atomic E-state index is 0.237. The molecule has 1 N–H and O–H groups in total. The van der Waals surface area contributed by atoms with E-state index in [2.05, 4.69) is 17.4 Å². The molecule has 1 unspecified atom stereocenters. The molecule has 0 aromatic heterocycles. The number of likely N-dealkylation sites (N-methyl/N-ethyl adjacent to an activating group) is 1. The van der Waals surface area contributed by atoms with E-state index in [4.69, 9.17) is 9.47 Å². The largest absolute Gasteiger partial charge is 0.501 e. The van der Waals surface area contributed by atoms with Gasteiger partial charge >= 0.3 is 0 Å². The van der Waals surface area contributed by atoms with E-state index in [0.29, 0.717) is 6.61 Å². The lowest BCUT2D eigenvalue weighted by Crippen LogP contribution is -2.20. The summed E-state index contributed by atoms with van der Waals surface area (Å²) in [6.45, 7) is 3.53. The Hall–Kier alpha value is -1.48. The third kappa shape index (κ3) is 3.05. The van der Waals surface area contributed by atoms with Crippen LogP contribution in [0, 0.1) is 0 Å². The van der Waals surface area contributed by atoms with Gasteiger partial charge in [-0.15, -0.1) is 0 Å². The molecule has 1 aromatic carbocycles. The van der Waals surface area contributed by atoms with Crippen molar-refractivity contribution in [3.05, 3.63) is 41.7 Å². The Kier molecular flexibility index (Phi) is 4.65. The number of nitrogens with one attached hydrogen (secondary N) is 1. The average molecular weight is 247 g/mol. The molecule has 1 aliphatic heterocycles. The quantitative estimate of drug-likeness (QED) is 0.867. The van der Waals surface area contributed by atoms with Crippen molar-refractivity contribution in [3.63, 3.8) is 0 Å². The lowest BCUT2D eigenvalue weighted by molar-refractivity contribution is 0.220. The molecule has 0 spiro atoms. The normalized spacial score (nSPS) is 16.7. The summed E-state index contributed by atoms with van der Waals surface area (Å²) < 4.78 is 10.9. The molecule has 1 aromatic rings. The van der Waals surface area contributed by atoms with Gasteiger partial charge < -0.3 is 14.8 Å². The van der Waals surface area contributed by atoms with Crippen LogP contribution < -0.4 is 10.1 Å². The van der Waals surface area contributed by atoms with E-state index in [-0.39, 0.29) is 6.04 Å². The summed E-state index contributed by atoms with van der Waals surface area (Å²) >= 11 is 0. The fraction of sp³-hybridized carbons (Fsp3) is 0.467. The van der Waals surface area contributed by atoms with Crippen molar-refractivity contribution in [1.29, 1.82) is 0 Å². The Morgan fingerprint density at radius 2 is 2.11 bits per heavy atom. The second-order valence-corrected chi connectivity index (χ2v) is 4.39. The third-order valence-corrected chi connectivity index (χ3v) is 3.15. The molecule has 0 saturated carbocycles. The van der Waals surface area contributed by atoms with E-state index in [0.717, 1.165) is 25.2 Å². The topological polar surface area (TPSA) is 30.5 Å². The van der Waals surface area contributed by atoms with Crippen LogP contribution in [0.5, 0.6) is 5.75 Å². The van der Waals surface area contributed by atoms with Gasteiger partial charge in [-0.25, -0.2) is 0 Å². The second-order valence-electron chi connectivity index (χ2n) is 4.39. The minimum Gasteiger partial charge on any atom is -0.501 e. The first-order chi connectivity index (χ1) is 8.85. The van der Waals surface area contributed by atoms with E-state index in [1.54, 1.807) is 0 Å². The first-order valence-corrected chi connectivity index (χ1v) is 6.55. The maximum Gasteiger partial charge on any atom is 0.119 e. The molecule has 1 heterocycles. The first kappa shape index (κ1) is 13.0. The van der Waals surface area contributed by atoms with Crippen LogP contribution in [0.25, 0.3) is 0 Å². The maximum absolute atomic E-state index is 5.46. The molecule has 1 aliphatic rings. The zero-order valence-corrected chi connectivity index (χ0v) is 11.1. The summed E-state index contributed by atoms with van der Waals surface area (Å²) in [5.74, 6) is 0.921. The summed E-state index contributed by atoms with van der Waals surface area (Å²) in [6.07, 6.45) is 4.10. The Morgan fingerprint density at radius 1 is 1.33 bits per heavy atom. The van der Waals surface area contributed by atoms with Crippen LogP contribution in [0.4, 0.5) is 0 Å². The van der Waals surface area contributed by atoms with Crippen LogP contribution in [0.15, 0.2) is 36.1 Å². The molecule has 2 rings (SSSR count). The number of rotatable bonds is 5. The lowest BCUT2D eigenvalue weighted by Gasteiger charge is -2.23. The Balaban J connectivity index is 2.14. The average Bonchev–Trinajstić information content (AvgIpc) is 2.43. The summed E-state index contributed by atoms with van der Waals surface area (Å²) in [7, 11) is 1.98. The van der Waals surface area contributed by atoms with Gasteiger partial charge in [0.25, 0.3) is 0 Å². The molecule has 0 radical (unpaired) electrons. The lowest BCUT2D eigenvalue weighted by atomic mass is 9.95. The molecular formula is C15H21NO2. The Morgan fingerprint density at radius 3 is 2.67 bits per heavy atom. The van der Waals surface area contributed by atoms with E-state index >= 15 is 0 Å². The summed E-state index contributed by atoms with van der Waals surface area (Å²) in [5.41, 5.74) is 2.56. The molecule has 18 heavy (non-hydrogen) atoms. The molecule has 3 nitrogen and oxygen atoms in total. The zero-order chi connectivity index (χ0) is 12.8. The number of ether oxygens (including phenoxy) is 2. The van der Waals surface area contributed by atoms with Crippen LogP contribution >= 0.6 is 0 Å². The predicted molar refractivity (Wildman–Crippen MR) is 72.7 cm³/mol. The smallest absolute Gasteiger partial charge is 0.119 e. The fourth-order valence-electron chi connectivity index (χ4n) is 2.29. The van der Waals surface area contributed by atoms with E-state index < -0.39 is 0 Å². The Bertz CT molecular complexity index is 397.